The van der Waals surface area contributed by atoms with Crippen molar-refractivity contribution in [2.45, 2.75) is 26.3 Å². The summed E-state index contributed by atoms with van der Waals surface area (Å²) in [6.45, 7) is 3.69. The van der Waals surface area contributed by atoms with Gasteiger partial charge in [0.15, 0.2) is 11.5 Å². The smallest absolute Gasteiger partial charge is 0.251 e. The number of nitrogens with one attached hydrogen (secondary N) is 1. The fourth-order valence-electron chi connectivity index (χ4n) is 3.07. The first-order valence-electron chi connectivity index (χ1n) is 10.5. The monoisotopic (exact) mass is 419 g/mol. The van der Waals surface area contributed by atoms with E-state index < -0.39 is 0 Å². The van der Waals surface area contributed by atoms with Crippen LogP contribution in [-0.4, -0.2) is 26.2 Å². The van der Waals surface area contributed by atoms with E-state index in [-0.39, 0.29) is 5.91 Å². The van der Waals surface area contributed by atoms with Gasteiger partial charge >= 0.3 is 0 Å². The lowest BCUT2D eigenvalue weighted by molar-refractivity contribution is 0.0951. The molecule has 0 bridgehead atoms. The van der Waals surface area contributed by atoms with Crippen LogP contribution in [0.1, 0.15) is 34.8 Å². The molecule has 5 nitrogen and oxygen atoms in total. The highest BCUT2D eigenvalue weighted by Gasteiger charge is 2.09. The largest absolute Gasteiger partial charge is 0.493 e. The summed E-state index contributed by atoms with van der Waals surface area (Å²) in [6.07, 6.45) is 1.77. The number of carbonyl (C=O) groups is 1. The van der Waals surface area contributed by atoms with E-state index in [1.807, 2.05) is 48.5 Å². The number of benzene rings is 3. The number of ether oxygens (including phenoxy) is 3. The van der Waals surface area contributed by atoms with E-state index in [1.165, 1.54) is 5.56 Å². The molecule has 0 aliphatic carbocycles. The van der Waals surface area contributed by atoms with E-state index in [1.54, 1.807) is 19.2 Å². The minimum absolute atomic E-state index is 0.138. The van der Waals surface area contributed by atoms with E-state index in [9.17, 15) is 4.79 Å². The van der Waals surface area contributed by atoms with Crippen LogP contribution in [0.25, 0.3) is 0 Å². The highest BCUT2D eigenvalue weighted by molar-refractivity contribution is 5.94. The van der Waals surface area contributed by atoms with Gasteiger partial charge in [-0.3, -0.25) is 4.79 Å². The summed E-state index contributed by atoms with van der Waals surface area (Å²) in [6, 6.07) is 23.1. The lowest BCUT2D eigenvalue weighted by Gasteiger charge is -2.12. The van der Waals surface area contributed by atoms with Crippen molar-refractivity contribution < 1.29 is 19.0 Å². The Morgan fingerprint density at radius 1 is 0.839 bits per heavy atom. The third kappa shape index (κ3) is 6.78. The summed E-state index contributed by atoms with van der Waals surface area (Å²) in [5.41, 5.74) is 2.76. The van der Waals surface area contributed by atoms with Gasteiger partial charge in [-0.15, -0.1) is 0 Å². The number of amides is 1. The van der Waals surface area contributed by atoms with Gasteiger partial charge in [-0.1, -0.05) is 43.3 Å². The van der Waals surface area contributed by atoms with Crippen LogP contribution in [0.3, 0.4) is 0 Å². The second-order valence-electron chi connectivity index (χ2n) is 7.12. The van der Waals surface area contributed by atoms with Crippen molar-refractivity contribution in [3.63, 3.8) is 0 Å². The molecule has 0 saturated carbocycles. The van der Waals surface area contributed by atoms with Gasteiger partial charge in [0, 0.05) is 18.5 Å². The number of hydrogen-bond donors (Lipinski definition) is 1. The lowest BCUT2D eigenvalue weighted by atomic mass is 10.1. The lowest BCUT2D eigenvalue weighted by Crippen LogP contribution is -2.22. The maximum atomic E-state index is 12.5. The highest BCUT2D eigenvalue weighted by atomic mass is 16.5. The van der Waals surface area contributed by atoms with Gasteiger partial charge in [0.2, 0.25) is 0 Å². The summed E-state index contributed by atoms with van der Waals surface area (Å²) in [5, 5.41) is 2.94. The maximum Gasteiger partial charge on any atom is 0.251 e. The molecule has 0 spiro atoms. The molecule has 0 unspecified atom stereocenters. The molecule has 3 aromatic carbocycles. The van der Waals surface area contributed by atoms with Gasteiger partial charge in [-0.2, -0.15) is 0 Å². The second-order valence-corrected chi connectivity index (χ2v) is 7.12. The number of carbonyl (C=O) groups excluding carboxylic acids is 1. The molecule has 1 amide bonds. The molecule has 31 heavy (non-hydrogen) atoms. The molecule has 0 aliphatic rings. The first-order chi connectivity index (χ1) is 15.2. The van der Waals surface area contributed by atoms with Crippen molar-refractivity contribution in [3.05, 3.63) is 89.5 Å². The van der Waals surface area contributed by atoms with Gasteiger partial charge in [0.1, 0.15) is 5.75 Å². The molecular formula is C26H29NO4. The Balaban J connectivity index is 1.49. The van der Waals surface area contributed by atoms with Crippen molar-refractivity contribution in [2.75, 3.05) is 20.3 Å². The molecular weight excluding hydrogens is 390 g/mol. The van der Waals surface area contributed by atoms with Crippen molar-refractivity contribution in [1.29, 1.82) is 0 Å². The van der Waals surface area contributed by atoms with E-state index in [0.29, 0.717) is 36.8 Å². The fraction of sp³-hybridized carbons (Fsp3) is 0.269. The van der Waals surface area contributed by atoms with Crippen LogP contribution < -0.4 is 19.5 Å². The molecule has 3 aromatic rings. The van der Waals surface area contributed by atoms with Gasteiger partial charge in [0.05, 0.1) is 20.3 Å². The quantitative estimate of drug-likeness (QED) is 0.473. The zero-order valence-electron chi connectivity index (χ0n) is 18.1. The van der Waals surface area contributed by atoms with Gasteiger partial charge < -0.3 is 19.5 Å². The van der Waals surface area contributed by atoms with Crippen molar-refractivity contribution in [3.8, 4) is 17.2 Å². The third-order valence-electron chi connectivity index (χ3n) is 4.76. The molecule has 0 aromatic heterocycles. The van der Waals surface area contributed by atoms with E-state index in [0.717, 1.165) is 24.2 Å². The SMILES string of the molecule is CCCOc1ccc(CNC(=O)c2ccc(OCCc3ccccc3)cc2)cc1OC. The molecule has 5 heteroatoms. The maximum absolute atomic E-state index is 12.5. The van der Waals surface area contributed by atoms with Gasteiger partial charge in [0.25, 0.3) is 5.91 Å². The summed E-state index contributed by atoms with van der Waals surface area (Å²) >= 11 is 0. The third-order valence-corrected chi connectivity index (χ3v) is 4.76. The second kappa shape index (κ2) is 11.6. The summed E-state index contributed by atoms with van der Waals surface area (Å²) in [4.78, 5) is 12.5. The normalized spacial score (nSPS) is 10.4. The summed E-state index contributed by atoms with van der Waals surface area (Å²) in [5.74, 6) is 1.99. The number of rotatable bonds is 11. The molecule has 0 aliphatic heterocycles. The minimum Gasteiger partial charge on any atom is -0.493 e. The van der Waals surface area contributed by atoms with Gasteiger partial charge in [-0.25, -0.2) is 0 Å². The predicted molar refractivity (Wildman–Crippen MR) is 122 cm³/mol. The fourth-order valence-corrected chi connectivity index (χ4v) is 3.07. The average molecular weight is 420 g/mol. The van der Waals surface area contributed by atoms with E-state index in [4.69, 9.17) is 14.2 Å². The zero-order chi connectivity index (χ0) is 21.9. The number of hydrogen-bond acceptors (Lipinski definition) is 4. The van der Waals surface area contributed by atoms with Crippen LogP contribution in [0.4, 0.5) is 0 Å². The number of methoxy groups -OCH3 is 1. The van der Waals surface area contributed by atoms with Crippen molar-refractivity contribution in [1.82, 2.24) is 5.32 Å². The summed E-state index contributed by atoms with van der Waals surface area (Å²) in [7, 11) is 1.61. The molecule has 162 valence electrons. The Morgan fingerprint density at radius 2 is 1.61 bits per heavy atom. The molecule has 0 heterocycles. The van der Waals surface area contributed by atoms with Crippen LogP contribution >= 0.6 is 0 Å². The Bertz CT molecular complexity index is 955. The highest BCUT2D eigenvalue weighted by Crippen LogP contribution is 2.28. The first-order valence-corrected chi connectivity index (χ1v) is 10.5. The zero-order valence-corrected chi connectivity index (χ0v) is 18.1. The van der Waals surface area contributed by atoms with Crippen LogP contribution in [0, 0.1) is 0 Å². The minimum atomic E-state index is -0.138. The first kappa shape index (κ1) is 22.2. The van der Waals surface area contributed by atoms with Crippen molar-refractivity contribution >= 4 is 5.91 Å². The standard InChI is InChI=1S/C26H29NO4/c1-3-16-31-24-14-9-21(18-25(24)29-2)19-27-26(28)22-10-12-23(13-11-22)30-17-15-20-7-5-4-6-8-20/h4-14,18H,3,15-17,19H2,1-2H3,(H,27,28). The molecule has 1 N–H and O–H groups in total. The molecule has 0 radical (unpaired) electrons. The summed E-state index contributed by atoms with van der Waals surface area (Å²) < 4.78 is 16.8. The van der Waals surface area contributed by atoms with Crippen LogP contribution in [0.5, 0.6) is 17.2 Å². The van der Waals surface area contributed by atoms with Gasteiger partial charge in [-0.05, 0) is 53.9 Å². The average Bonchev–Trinajstić information content (AvgIpc) is 2.82. The van der Waals surface area contributed by atoms with Crippen LogP contribution in [0.2, 0.25) is 0 Å². The molecule has 0 fully saturated rings. The molecule has 3 rings (SSSR count). The van der Waals surface area contributed by atoms with Crippen LogP contribution in [-0.2, 0) is 13.0 Å². The topological polar surface area (TPSA) is 56.8 Å². The Kier molecular flexibility index (Phi) is 8.35. The Hall–Kier alpha value is -3.47. The predicted octanol–water partition coefficient (Wildman–Crippen LogP) is 5.04. The Morgan fingerprint density at radius 3 is 2.32 bits per heavy atom. The van der Waals surface area contributed by atoms with Crippen LogP contribution in [0.15, 0.2) is 72.8 Å². The molecule has 0 atom stereocenters. The van der Waals surface area contributed by atoms with E-state index in [2.05, 4.69) is 24.4 Å². The molecule has 0 saturated heterocycles. The van der Waals surface area contributed by atoms with E-state index >= 15 is 0 Å². The van der Waals surface area contributed by atoms with Crippen molar-refractivity contribution in [2.24, 2.45) is 0 Å². The Labute approximate surface area is 184 Å².